The summed E-state index contributed by atoms with van der Waals surface area (Å²) in [7, 11) is 1.80. The Hall–Kier alpha value is -2.76. The van der Waals surface area contributed by atoms with Crippen LogP contribution in [0.3, 0.4) is 0 Å². The third-order valence-electron chi connectivity index (χ3n) is 4.67. The average Bonchev–Trinajstić information content (AvgIpc) is 2.96. The van der Waals surface area contributed by atoms with E-state index in [0.717, 1.165) is 16.8 Å². The van der Waals surface area contributed by atoms with Crippen molar-refractivity contribution in [3.05, 3.63) is 59.7 Å². The van der Waals surface area contributed by atoms with Crippen molar-refractivity contribution in [3.8, 4) is 0 Å². The van der Waals surface area contributed by atoms with Crippen molar-refractivity contribution < 1.29 is 9.59 Å². The molecule has 0 unspecified atom stereocenters. The smallest absolute Gasteiger partial charge is 0.254 e. The summed E-state index contributed by atoms with van der Waals surface area (Å²) >= 11 is 0. The zero-order chi connectivity index (χ0) is 17.8. The van der Waals surface area contributed by atoms with Crippen molar-refractivity contribution in [1.29, 1.82) is 0 Å². The lowest BCUT2D eigenvalue weighted by molar-refractivity contribution is -0.131. The van der Waals surface area contributed by atoms with E-state index in [0.29, 0.717) is 25.9 Å². The molecule has 0 bridgehead atoms. The summed E-state index contributed by atoms with van der Waals surface area (Å²) in [5, 5.41) is 0. The number of carbonyl (C=O) groups excluding carboxylic acids is 2. The van der Waals surface area contributed by atoms with Crippen LogP contribution >= 0.6 is 0 Å². The molecule has 1 aliphatic rings. The second-order valence-electron chi connectivity index (χ2n) is 6.39. The molecule has 0 spiro atoms. The first-order chi connectivity index (χ1) is 12.1. The van der Waals surface area contributed by atoms with Crippen LogP contribution in [0, 0.1) is 0 Å². The number of rotatable bonds is 6. The zero-order valence-electron chi connectivity index (χ0n) is 14.6. The van der Waals surface area contributed by atoms with E-state index in [1.807, 2.05) is 31.2 Å². The summed E-state index contributed by atoms with van der Waals surface area (Å²) in [6.45, 7) is 3.01. The first-order valence-electron chi connectivity index (χ1n) is 8.44. The summed E-state index contributed by atoms with van der Waals surface area (Å²) in [5.41, 5.74) is 2.64. The molecule has 1 aromatic carbocycles. The minimum Gasteiger partial charge on any atom is -0.343 e. The first kappa shape index (κ1) is 17.1. The van der Waals surface area contributed by atoms with Gasteiger partial charge in [-0.05, 0) is 18.6 Å². The third kappa shape index (κ3) is 3.84. The second kappa shape index (κ2) is 7.42. The molecule has 1 aliphatic heterocycles. The number of fused-ring (bicyclic) bond motifs is 1. The summed E-state index contributed by atoms with van der Waals surface area (Å²) in [4.78, 5) is 36.6. The summed E-state index contributed by atoms with van der Waals surface area (Å²) in [5.74, 6) is 0.0406. The van der Waals surface area contributed by atoms with Crippen LogP contribution < -0.4 is 0 Å². The fourth-order valence-electron chi connectivity index (χ4n) is 3.02. The number of carbonyl (C=O) groups is 2. The minimum atomic E-state index is 0.0126. The molecule has 0 fully saturated rings. The molecule has 0 saturated heterocycles. The Labute approximate surface area is 147 Å². The minimum absolute atomic E-state index is 0.0126. The van der Waals surface area contributed by atoms with E-state index in [4.69, 9.17) is 0 Å². The number of hydrogen-bond donors (Lipinski definition) is 0. The Morgan fingerprint density at radius 2 is 2.12 bits per heavy atom. The zero-order valence-corrected chi connectivity index (χ0v) is 14.6. The number of likely N-dealkylation sites (N-methyl/N-ethyl adjacent to an activating group) is 1. The highest BCUT2D eigenvalue weighted by atomic mass is 16.2. The quantitative estimate of drug-likeness (QED) is 0.807. The summed E-state index contributed by atoms with van der Waals surface area (Å²) in [6, 6.07) is 7.63. The van der Waals surface area contributed by atoms with E-state index in [1.54, 1.807) is 35.4 Å². The molecule has 2 heterocycles. The number of benzene rings is 1. The Bertz CT molecular complexity index is 763. The lowest BCUT2D eigenvalue weighted by Crippen LogP contribution is -2.38. The molecule has 0 saturated carbocycles. The van der Waals surface area contributed by atoms with Crippen molar-refractivity contribution in [2.45, 2.75) is 32.4 Å². The Morgan fingerprint density at radius 3 is 2.84 bits per heavy atom. The van der Waals surface area contributed by atoms with Crippen molar-refractivity contribution in [2.24, 2.45) is 0 Å². The van der Waals surface area contributed by atoms with Crippen LogP contribution in [0.25, 0.3) is 0 Å². The van der Waals surface area contributed by atoms with Gasteiger partial charge >= 0.3 is 0 Å². The van der Waals surface area contributed by atoms with E-state index < -0.39 is 0 Å². The molecule has 25 heavy (non-hydrogen) atoms. The van der Waals surface area contributed by atoms with Gasteiger partial charge in [-0.15, -0.1) is 0 Å². The van der Waals surface area contributed by atoms with Gasteiger partial charge in [0.2, 0.25) is 5.91 Å². The van der Waals surface area contributed by atoms with Gasteiger partial charge in [0.05, 0.1) is 5.69 Å². The molecule has 1 aromatic heterocycles. The van der Waals surface area contributed by atoms with Gasteiger partial charge in [-0.2, -0.15) is 0 Å². The molecule has 130 valence electrons. The highest BCUT2D eigenvalue weighted by molar-refractivity contribution is 5.98. The van der Waals surface area contributed by atoms with Crippen LogP contribution in [0.2, 0.25) is 0 Å². The molecule has 6 nitrogen and oxygen atoms in total. The number of hydrogen-bond acceptors (Lipinski definition) is 4. The molecule has 2 aromatic rings. The first-order valence-corrected chi connectivity index (χ1v) is 8.44. The lowest BCUT2D eigenvalue weighted by Gasteiger charge is -2.26. The SMILES string of the molecule is C[C@H](Cc1cnccn1)N(C)C(=O)CCN1Cc2ccccc2C1=O. The van der Waals surface area contributed by atoms with Gasteiger partial charge in [0.15, 0.2) is 0 Å². The number of aromatic nitrogens is 2. The Kier molecular flexibility index (Phi) is 5.07. The maximum atomic E-state index is 12.5. The van der Waals surface area contributed by atoms with Gasteiger partial charge in [-0.1, -0.05) is 18.2 Å². The van der Waals surface area contributed by atoms with E-state index in [9.17, 15) is 9.59 Å². The maximum Gasteiger partial charge on any atom is 0.254 e. The normalized spacial score (nSPS) is 14.3. The van der Waals surface area contributed by atoms with Crippen LogP contribution in [0.5, 0.6) is 0 Å². The molecule has 3 rings (SSSR count). The van der Waals surface area contributed by atoms with Crippen molar-refractivity contribution in [1.82, 2.24) is 19.8 Å². The molecule has 2 amide bonds. The summed E-state index contributed by atoms with van der Waals surface area (Å²) in [6.07, 6.45) is 5.98. The molecular weight excluding hydrogens is 316 g/mol. The monoisotopic (exact) mass is 338 g/mol. The van der Waals surface area contributed by atoms with Crippen LogP contribution in [-0.4, -0.2) is 51.2 Å². The topological polar surface area (TPSA) is 66.4 Å². The van der Waals surface area contributed by atoms with Crippen molar-refractivity contribution in [3.63, 3.8) is 0 Å². The number of nitrogens with zero attached hydrogens (tertiary/aromatic N) is 4. The van der Waals surface area contributed by atoms with Gasteiger partial charge in [-0.25, -0.2) is 0 Å². The van der Waals surface area contributed by atoms with Crippen LogP contribution in [0.1, 0.15) is 35.0 Å². The maximum absolute atomic E-state index is 12.5. The molecule has 1 atom stereocenters. The molecular formula is C19H22N4O2. The highest BCUT2D eigenvalue weighted by Gasteiger charge is 2.27. The molecule has 0 N–H and O–H groups in total. The van der Waals surface area contributed by atoms with Crippen molar-refractivity contribution >= 4 is 11.8 Å². The third-order valence-corrected chi connectivity index (χ3v) is 4.67. The fraction of sp³-hybridized carbons (Fsp3) is 0.368. The van der Waals surface area contributed by atoms with E-state index in [2.05, 4.69) is 9.97 Å². The van der Waals surface area contributed by atoms with Crippen LogP contribution in [-0.2, 0) is 17.8 Å². The van der Waals surface area contributed by atoms with Crippen LogP contribution in [0.4, 0.5) is 0 Å². The average molecular weight is 338 g/mol. The Morgan fingerprint density at radius 1 is 1.32 bits per heavy atom. The number of amides is 2. The van der Waals surface area contributed by atoms with Gasteiger partial charge in [0, 0.05) is 63.2 Å². The van der Waals surface area contributed by atoms with Gasteiger partial charge < -0.3 is 9.80 Å². The summed E-state index contributed by atoms with van der Waals surface area (Å²) < 4.78 is 0. The highest BCUT2D eigenvalue weighted by Crippen LogP contribution is 2.22. The Balaban J connectivity index is 1.52. The van der Waals surface area contributed by atoms with Crippen molar-refractivity contribution in [2.75, 3.05) is 13.6 Å². The van der Waals surface area contributed by atoms with E-state index in [1.165, 1.54) is 0 Å². The molecule has 0 radical (unpaired) electrons. The second-order valence-corrected chi connectivity index (χ2v) is 6.39. The largest absolute Gasteiger partial charge is 0.343 e. The van der Waals surface area contributed by atoms with Gasteiger partial charge in [-0.3, -0.25) is 19.6 Å². The van der Waals surface area contributed by atoms with Gasteiger partial charge in [0.1, 0.15) is 0 Å². The fourth-order valence-corrected chi connectivity index (χ4v) is 3.02. The predicted octanol–water partition coefficient (Wildman–Crippen LogP) is 1.91. The van der Waals surface area contributed by atoms with E-state index in [-0.39, 0.29) is 17.9 Å². The van der Waals surface area contributed by atoms with E-state index >= 15 is 0 Å². The standard InChI is InChI=1S/C19H22N4O2/c1-14(11-16-12-20-8-9-21-16)22(2)18(24)7-10-23-13-15-5-3-4-6-17(15)19(23)25/h3-6,8-9,12,14H,7,10-11,13H2,1-2H3/t14-/m1/s1. The molecule has 0 aliphatic carbocycles. The van der Waals surface area contributed by atoms with Gasteiger partial charge in [0.25, 0.3) is 5.91 Å². The van der Waals surface area contributed by atoms with Crippen LogP contribution in [0.15, 0.2) is 42.9 Å². The molecule has 6 heteroatoms. The predicted molar refractivity (Wildman–Crippen MR) is 93.8 cm³/mol. The lowest BCUT2D eigenvalue weighted by atomic mass is 10.1.